The number of amides is 2. The number of rotatable bonds is 8. The van der Waals surface area contributed by atoms with E-state index in [1.54, 1.807) is 60.7 Å². The van der Waals surface area contributed by atoms with Crippen molar-refractivity contribution in [2.45, 2.75) is 13.8 Å². The molecule has 4 aromatic rings. The first-order chi connectivity index (χ1) is 17.0. The smallest absolute Gasteiger partial charge is 0.256 e. The molecule has 4 rings (SSSR count). The van der Waals surface area contributed by atoms with E-state index < -0.39 is 5.91 Å². The van der Waals surface area contributed by atoms with Crippen LogP contribution in [-0.2, 0) is 0 Å². The number of aromatic nitrogens is 1. The summed E-state index contributed by atoms with van der Waals surface area (Å²) in [5.74, 6) is -0.0642. The summed E-state index contributed by atoms with van der Waals surface area (Å²) in [6, 6.07) is 20.3. The summed E-state index contributed by atoms with van der Waals surface area (Å²) in [6.45, 7) is 4.31. The molecule has 0 saturated heterocycles. The van der Waals surface area contributed by atoms with Crippen LogP contribution in [0.15, 0.2) is 77.6 Å². The Labute approximate surface area is 201 Å². The molecule has 178 valence electrons. The summed E-state index contributed by atoms with van der Waals surface area (Å²) in [5, 5.41) is 6.30. The molecule has 0 aliphatic carbocycles. The molecule has 0 atom stereocenters. The molecule has 35 heavy (non-hydrogen) atoms. The van der Waals surface area contributed by atoms with E-state index in [4.69, 9.17) is 9.47 Å². The number of hydrogen-bond donors (Lipinski definition) is 3. The van der Waals surface area contributed by atoms with Gasteiger partial charge in [0.1, 0.15) is 11.5 Å². The molecule has 2 amide bonds. The van der Waals surface area contributed by atoms with Crippen molar-refractivity contribution in [2.75, 3.05) is 23.8 Å². The Morgan fingerprint density at radius 3 is 1.97 bits per heavy atom. The van der Waals surface area contributed by atoms with Crippen molar-refractivity contribution in [3.63, 3.8) is 0 Å². The van der Waals surface area contributed by atoms with Crippen molar-refractivity contribution in [2.24, 2.45) is 0 Å². The van der Waals surface area contributed by atoms with Crippen molar-refractivity contribution in [1.82, 2.24) is 4.98 Å². The second-order valence-corrected chi connectivity index (χ2v) is 7.58. The maximum absolute atomic E-state index is 13.2. The molecule has 0 aliphatic rings. The molecule has 0 fully saturated rings. The monoisotopic (exact) mass is 471 g/mol. The van der Waals surface area contributed by atoms with Gasteiger partial charge in [-0.2, -0.15) is 0 Å². The summed E-state index contributed by atoms with van der Waals surface area (Å²) in [4.78, 5) is 40.8. The number of fused-ring (bicyclic) bond motifs is 1. The molecule has 8 heteroatoms. The Morgan fingerprint density at radius 1 is 0.771 bits per heavy atom. The number of ether oxygens (including phenoxy) is 2. The van der Waals surface area contributed by atoms with Crippen LogP contribution >= 0.6 is 0 Å². The molecule has 0 radical (unpaired) electrons. The summed E-state index contributed by atoms with van der Waals surface area (Å²) >= 11 is 0. The molecule has 3 aromatic carbocycles. The van der Waals surface area contributed by atoms with Gasteiger partial charge in [0.25, 0.3) is 11.8 Å². The lowest BCUT2D eigenvalue weighted by Crippen LogP contribution is -2.18. The molecular weight excluding hydrogens is 446 g/mol. The Kier molecular flexibility index (Phi) is 7.11. The van der Waals surface area contributed by atoms with Crippen LogP contribution in [-0.4, -0.2) is 30.0 Å². The first-order valence-corrected chi connectivity index (χ1v) is 11.2. The minimum Gasteiger partial charge on any atom is -0.492 e. The zero-order valence-electron chi connectivity index (χ0n) is 19.4. The second kappa shape index (κ2) is 10.6. The Hall–Kier alpha value is -4.59. The van der Waals surface area contributed by atoms with Gasteiger partial charge in [0.05, 0.1) is 30.2 Å². The highest BCUT2D eigenvalue weighted by Gasteiger charge is 2.19. The number of H-pyrrole nitrogens is 1. The summed E-state index contributed by atoms with van der Waals surface area (Å²) in [7, 11) is 0. The number of nitrogens with one attached hydrogen (secondary N) is 3. The highest BCUT2D eigenvalue weighted by Crippen LogP contribution is 2.37. The Bertz CT molecular complexity index is 1430. The average Bonchev–Trinajstić information content (AvgIpc) is 2.86. The number of carbonyl (C=O) groups is 2. The predicted molar refractivity (Wildman–Crippen MR) is 136 cm³/mol. The molecule has 1 heterocycles. The van der Waals surface area contributed by atoms with Crippen LogP contribution in [0.2, 0.25) is 0 Å². The zero-order chi connectivity index (χ0) is 24.8. The summed E-state index contributed by atoms with van der Waals surface area (Å²) < 4.78 is 11.5. The van der Waals surface area contributed by atoms with E-state index >= 15 is 0 Å². The molecule has 0 aliphatic heterocycles. The van der Waals surface area contributed by atoms with Crippen molar-refractivity contribution < 1.29 is 19.1 Å². The number of benzene rings is 3. The van der Waals surface area contributed by atoms with Crippen LogP contribution in [0.1, 0.15) is 34.6 Å². The fourth-order valence-corrected chi connectivity index (χ4v) is 3.67. The van der Waals surface area contributed by atoms with Crippen LogP contribution < -0.4 is 25.7 Å². The SMILES string of the molecule is CCOc1cc(NC(=O)c2cc(=O)[nH]c3ccccc23)c(OCC)cc1NC(=O)c1ccccc1. The topological polar surface area (TPSA) is 110 Å². The Balaban J connectivity index is 1.71. The van der Waals surface area contributed by atoms with Gasteiger partial charge in [-0.05, 0) is 32.0 Å². The van der Waals surface area contributed by atoms with E-state index in [1.165, 1.54) is 6.07 Å². The van der Waals surface area contributed by atoms with Gasteiger partial charge in [-0.3, -0.25) is 14.4 Å². The maximum atomic E-state index is 13.2. The third-order valence-electron chi connectivity index (χ3n) is 5.21. The summed E-state index contributed by atoms with van der Waals surface area (Å²) in [6.07, 6.45) is 0. The van der Waals surface area contributed by atoms with Crippen LogP contribution in [0.5, 0.6) is 11.5 Å². The van der Waals surface area contributed by atoms with E-state index in [1.807, 2.05) is 19.9 Å². The number of anilines is 2. The van der Waals surface area contributed by atoms with Gasteiger partial charge in [0, 0.05) is 34.7 Å². The van der Waals surface area contributed by atoms with Gasteiger partial charge in [-0.1, -0.05) is 36.4 Å². The van der Waals surface area contributed by atoms with Crippen LogP contribution in [0.25, 0.3) is 10.9 Å². The lowest BCUT2D eigenvalue weighted by atomic mass is 10.1. The van der Waals surface area contributed by atoms with E-state index in [0.717, 1.165) is 0 Å². The van der Waals surface area contributed by atoms with E-state index in [-0.39, 0.29) is 17.0 Å². The van der Waals surface area contributed by atoms with Gasteiger partial charge in [-0.25, -0.2) is 0 Å². The van der Waals surface area contributed by atoms with Crippen LogP contribution in [0.4, 0.5) is 11.4 Å². The fraction of sp³-hybridized carbons (Fsp3) is 0.148. The molecule has 0 bridgehead atoms. The van der Waals surface area contributed by atoms with Gasteiger partial charge < -0.3 is 25.1 Å². The van der Waals surface area contributed by atoms with Crippen LogP contribution in [0.3, 0.4) is 0 Å². The third kappa shape index (κ3) is 5.33. The first-order valence-electron chi connectivity index (χ1n) is 11.2. The lowest BCUT2D eigenvalue weighted by molar-refractivity contribution is 0.101. The van der Waals surface area contributed by atoms with Crippen molar-refractivity contribution in [3.05, 3.63) is 94.3 Å². The molecule has 1 aromatic heterocycles. The number of para-hydroxylation sites is 1. The zero-order valence-corrected chi connectivity index (χ0v) is 19.4. The summed E-state index contributed by atoms with van der Waals surface area (Å²) in [5.41, 5.74) is 1.65. The van der Waals surface area contributed by atoms with Crippen molar-refractivity contribution in [1.29, 1.82) is 0 Å². The minimum absolute atomic E-state index is 0.228. The van der Waals surface area contributed by atoms with E-state index in [0.29, 0.717) is 52.6 Å². The average molecular weight is 472 g/mol. The second-order valence-electron chi connectivity index (χ2n) is 7.58. The van der Waals surface area contributed by atoms with E-state index in [9.17, 15) is 14.4 Å². The fourth-order valence-electron chi connectivity index (χ4n) is 3.67. The van der Waals surface area contributed by atoms with Gasteiger partial charge >= 0.3 is 0 Å². The molecule has 0 saturated carbocycles. The number of hydrogen-bond acceptors (Lipinski definition) is 5. The normalized spacial score (nSPS) is 10.6. The van der Waals surface area contributed by atoms with Gasteiger partial charge in [-0.15, -0.1) is 0 Å². The Morgan fingerprint density at radius 2 is 1.34 bits per heavy atom. The molecule has 0 spiro atoms. The third-order valence-corrected chi connectivity index (χ3v) is 5.21. The molecule has 8 nitrogen and oxygen atoms in total. The molecule has 3 N–H and O–H groups in total. The first kappa shape index (κ1) is 23.6. The molecule has 0 unspecified atom stereocenters. The molecular formula is C27H25N3O5. The largest absolute Gasteiger partial charge is 0.492 e. The quantitative estimate of drug-likeness (QED) is 0.341. The number of pyridine rings is 1. The lowest BCUT2D eigenvalue weighted by Gasteiger charge is -2.18. The van der Waals surface area contributed by atoms with E-state index in [2.05, 4.69) is 15.6 Å². The van der Waals surface area contributed by atoms with Crippen LogP contribution in [0, 0.1) is 0 Å². The standard InChI is InChI=1S/C27H25N3O5/c1-3-34-23-16-22(30-27(33)19-14-25(31)28-20-13-9-8-12-18(19)20)24(35-4-2)15-21(23)29-26(32)17-10-6-5-7-11-17/h5-16H,3-4H2,1-2H3,(H,28,31)(H,29,32)(H,30,33). The van der Waals surface area contributed by atoms with Crippen molar-refractivity contribution >= 4 is 34.1 Å². The van der Waals surface area contributed by atoms with Gasteiger partial charge in [0.2, 0.25) is 5.56 Å². The maximum Gasteiger partial charge on any atom is 0.256 e. The van der Waals surface area contributed by atoms with Crippen molar-refractivity contribution in [3.8, 4) is 11.5 Å². The highest BCUT2D eigenvalue weighted by molar-refractivity contribution is 6.13. The van der Waals surface area contributed by atoms with Gasteiger partial charge in [0.15, 0.2) is 0 Å². The minimum atomic E-state index is -0.475. The number of aromatic amines is 1. The number of carbonyl (C=O) groups excluding carboxylic acids is 2. The highest BCUT2D eigenvalue weighted by atomic mass is 16.5. The predicted octanol–water partition coefficient (Wildman–Crippen LogP) is 4.83.